The molecule has 1 fully saturated rings. The Balaban J connectivity index is 2.16. The van der Waals surface area contributed by atoms with Gasteiger partial charge in [0.15, 0.2) is 5.11 Å². The number of hydrogen-bond donors (Lipinski definition) is 2. The summed E-state index contributed by atoms with van der Waals surface area (Å²) in [5.41, 5.74) is 0. The second kappa shape index (κ2) is 5.94. The largest absolute Gasteiger partial charge is 0.362 e. The van der Waals surface area contributed by atoms with Crippen LogP contribution < -0.4 is 10.6 Å². The van der Waals surface area contributed by atoms with E-state index in [2.05, 4.69) is 43.2 Å². The summed E-state index contributed by atoms with van der Waals surface area (Å²) >= 11 is 7.29. The van der Waals surface area contributed by atoms with E-state index in [0.29, 0.717) is 10.7 Å². The lowest BCUT2D eigenvalue weighted by molar-refractivity contribution is 0.578. The first kappa shape index (κ1) is 13.1. The molecule has 0 aromatic carbocycles. The molecule has 0 aromatic rings. The van der Waals surface area contributed by atoms with Crippen molar-refractivity contribution >= 4 is 29.1 Å². The SMILES string of the molecule is CC(C)CNC(=S)NCC1(C)CCCS1. The maximum Gasteiger partial charge on any atom is 0.166 e. The Morgan fingerprint density at radius 1 is 1.47 bits per heavy atom. The number of thiocarbonyl (C=S) groups is 1. The van der Waals surface area contributed by atoms with Crippen molar-refractivity contribution in [1.82, 2.24) is 10.6 Å². The lowest BCUT2D eigenvalue weighted by Crippen LogP contribution is -2.43. The molecule has 1 atom stereocenters. The van der Waals surface area contributed by atoms with Crippen molar-refractivity contribution in [3.8, 4) is 0 Å². The highest BCUT2D eigenvalue weighted by molar-refractivity contribution is 8.00. The van der Waals surface area contributed by atoms with Gasteiger partial charge in [0.2, 0.25) is 0 Å². The zero-order valence-corrected chi connectivity index (χ0v) is 11.6. The Bertz CT molecular complexity index is 211. The van der Waals surface area contributed by atoms with E-state index in [4.69, 9.17) is 12.2 Å². The molecule has 1 unspecified atom stereocenters. The van der Waals surface area contributed by atoms with Crippen molar-refractivity contribution in [2.45, 2.75) is 38.4 Å². The minimum atomic E-state index is 0.392. The Hall–Kier alpha value is 0.0400. The Morgan fingerprint density at radius 2 is 2.20 bits per heavy atom. The Labute approximate surface area is 103 Å². The topological polar surface area (TPSA) is 24.1 Å². The van der Waals surface area contributed by atoms with Gasteiger partial charge in [-0.25, -0.2) is 0 Å². The molecule has 1 saturated heterocycles. The monoisotopic (exact) mass is 246 g/mol. The first-order valence-corrected chi connectivity index (χ1v) is 7.07. The molecule has 1 heterocycles. The van der Waals surface area contributed by atoms with E-state index in [0.717, 1.165) is 18.2 Å². The van der Waals surface area contributed by atoms with Crippen molar-refractivity contribution in [2.24, 2.45) is 5.92 Å². The summed E-state index contributed by atoms with van der Waals surface area (Å²) < 4.78 is 0.392. The third kappa shape index (κ3) is 5.07. The highest BCUT2D eigenvalue weighted by Gasteiger charge is 2.29. The molecule has 1 rings (SSSR count). The fourth-order valence-electron chi connectivity index (χ4n) is 1.60. The van der Waals surface area contributed by atoms with Gasteiger partial charge in [-0.15, -0.1) is 0 Å². The summed E-state index contributed by atoms with van der Waals surface area (Å²) in [6.07, 6.45) is 2.65. The van der Waals surface area contributed by atoms with Crippen LogP contribution in [0.1, 0.15) is 33.6 Å². The highest BCUT2D eigenvalue weighted by atomic mass is 32.2. The fourth-order valence-corrected chi connectivity index (χ4v) is 3.00. The third-order valence-corrected chi connectivity index (χ3v) is 4.42. The predicted octanol–water partition coefficient (Wildman–Crippen LogP) is 2.39. The quantitative estimate of drug-likeness (QED) is 0.744. The Morgan fingerprint density at radius 3 is 2.73 bits per heavy atom. The first-order valence-electron chi connectivity index (χ1n) is 5.67. The molecule has 2 nitrogen and oxygen atoms in total. The molecule has 15 heavy (non-hydrogen) atoms. The van der Waals surface area contributed by atoms with Crippen molar-refractivity contribution in [2.75, 3.05) is 18.8 Å². The number of rotatable bonds is 4. The number of thioether (sulfide) groups is 1. The van der Waals surface area contributed by atoms with Crippen LogP contribution in [0.25, 0.3) is 0 Å². The van der Waals surface area contributed by atoms with Gasteiger partial charge in [0.25, 0.3) is 0 Å². The van der Waals surface area contributed by atoms with Crippen LogP contribution in [0.15, 0.2) is 0 Å². The van der Waals surface area contributed by atoms with Crippen molar-refractivity contribution in [3.05, 3.63) is 0 Å². The van der Waals surface area contributed by atoms with Gasteiger partial charge in [-0.1, -0.05) is 13.8 Å². The molecule has 0 amide bonds. The minimum absolute atomic E-state index is 0.392. The molecule has 1 aliphatic heterocycles. The maximum absolute atomic E-state index is 5.23. The van der Waals surface area contributed by atoms with Gasteiger partial charge >= 0.3 is 0 Å². The van der Waals surface area contributed by atoms with E-state index in [9.17, 15) is 0 Å². The summed E-state index contributed by atoms with van der Waals surface area (Å²) in [6.45, 7) is 8.63. The highest BCUT2D eigenvalue weighted by Crippen LogP contribution is 2.36. The van der Waals surface area contributed by atoms with E-state index in [1.165, 1.54) is 18.6 Å². The summed E-state index contributed by atoms with van der Waals surface area (Å²) in [5.74, 6) is 1.94. The fraction of sp³-hybridized carbons (Fsp3) is 0.909. The lowest BCUT2D eigenvalue weighted by Gasteiger charge is -2.24. The molecule has 0 aromatic heterocycles. The van der Waals surface area contributed by atoms with E-state index in [1.54, 1.807) is 0 Å². The number of hydrogen-bond acceptors (Lipinski definition) is 2. The zero-order chi connectivity index (χ0) is 11.3. The Kier molecular flexibility index (Phi) is 5.19. The average molecular weight is 246 g/mol. The van der Waals surface area contributed by atoms with Crippen molar-refractivity contribution < 1.29 is 0 Å². The summed E-state index contributed by atoms with van der Waals surface area (Å²) in [7, 11) is 0. The lowest BCUT2D eigenvalue weighted by atomic mass is 10.1. The average Bonchev–Trinajstić information content (AvgIpc) is 2.60. The summed E-state index contributed by atoms with van der Waals surface area (Å²) in [6, 6.07) is 0. The van der Waals surface area contributed by atoms with Crippen LogP contribution in [-0.2, 0) is 0 Å². The van der Waals surface area contributed by atoms with Gasteiger partial charge in [-0.2, -0.15) is 11.8 Å². The molecule has 0 aliphatic carbocycles. The molecule has 2 N–H and O–H groups in total. The number of nitrogens with one attached hydrogen (secondary N) is 2. The smallest absolute Gasteiger partial charge is 0.166 e. The predicted molar refractivity (Wildman–Crippen MR) is 73.5 cm³/mol. The molecule has 0 radical (unpaired) electrons. The standard InChI is InChI=1S/C11H22N2S2/c1-9(2)7-12-10(14)13-8-11(3)5-4-6-15-11/h9H,4-8H2,1-3H3,(H2,12,13,14). The first-order chi connectivity index (χ1) is 7.02. The minimum Gasteiger partial charge on any atom is -0.362 e. The van der Waals surface area contributed by atoms with E-state index < -0.39 is 0 Å². The van der Waals surface area contributed by atoms with Gasteiger partial charge < -0.3 is 10.6 Å². The van der Waals surface area contributed by atoms with E-state index >= 15 is 0 Å². The van der Waals surface area contributed by atoms with Gasteiger partial charge in [0.1, 0.15) is 0 Å². The third-order valence-electron chi connectivity index (χ3n) is 2.59. The molecule has 1 aliphatic rings. The van der Waals surface area contributed by atoms with Crippen LogP contribution in [0, 0.1) is 5.92 Å². The van der Waals surface area contributed by atoms with Crippen LogP contribution in [0.4, 0.5) is 0 Å². The van der Waals surface area contributed by atoms with Crippen LogP contribution in [0.5, 0.6) is 0 Å². The zero-order valence-electron chi connectivity index (χ0n) is 9.93. The second-order valence-electron chi connectivity index (χ2n) is 4.86. The normalized spacial score (nSPS) is 25.6. The molecular formula is C11H22N2S2. The van der Waals surface area contributed by atoms with Crippen LogP contribution in [0.3, 0.4) is 0 Å². The van der Waals surface area contributed by atoms with E-state index in [-0.39, 0.29) is 0 Å². The van der Waals surface area contributed by atoms with Gasteiger partial charge in [0, 0.05) is 17.8 Å². The van der Waals surface area contributed by atoms with Gasteiger partial charge in [-0.3, -0.25) is 0 Å². The molecule has 0 bridgehead atoms. The van der Waals surface area contributed by atoms with Gasteiger partial charge in [-0.05, 0) is 43.7 Å². The molecular weight excluding hydrogens is 224 g/mol. The molecule has 4 heteroatoms. The van der Waals surface area contributed by atoms with Crippen molar-refractivity contribution in [1.29, 1.82) is 0 Å². The second-order valence-corrected chi connectivity index (χ2v) is 6.95. The van der Waals surface area contributed by atoms with Crippen molar-refractivity contribution in [3.63, 3.8) is 0 Å². The van der Waals surface area contributed by atoms with E-state index in [1.807, 2.05) is 0 Å². The van der Waals surface area contributed by atoms with Crippen LogP contribution in [-0.4, -0.2) is 28.7 Å². The molecule has 0 saturated carbocycles. The summed E-state index contributed by atoms with van der Waals surface area (Å²) in [5, 5.41) is 7.36. The van der Waals surface area contributed by atoms with Crippen LogP contribution in [0.2, 0.25) is 0 Å². The maximum atomic E-state index is 5.23. The summed E-state index contributed by atoms with van der Waals surface area (Å²) in [4.78, 5) is 0. The molecule has 88 valence electrons. The van der Waals surface area contributed by atoms with Gasteiger partial charge in [0.05, 0.1) is 0 Å². The molecule has 0 spiro atoms. The van der Waals surface area contributed by atoms with Crippen LogP contribution >= 0.6 is 24.0 Å².